The number of ether oxygens (including phenoxy) is 1. The molecule has 1 aliphatic rings. The maximum absolute atomic E-state index is 14.6. The van der Waals surface area contributed by atoms with Gasteiger partial charge in [-0.25, -0.2) is 26.8 Å². The number of rotatable bonds is 4. The molecule has 10 heteroatoms. The third-order valence-corrected chi connectivity index (χ3v) is 6.40. The molecule has 2 amide bonds. The van der Waals surface area contributed by atoms with Gasteiger partial charge in [-0.1, -0.05) is 18.2 Å². The van der Waals surface area contributed by atoms with Crippen LogP contribution in [-0.2, 0) is 21.1 Å². The smallest absolute Gasteiger partial charge is 0.337 e. The van der Waals surface area contributed by atoms with Crippen LogP contribution in [0.4, 0.5) is 19.3 Å². The molecule has 2 aromatic rings. The molecule has 160 valence electrons. The van der Waals surface area contributed by atoms with E-state index in [9.17, 15) is 26.8 Å². The van der Waals surface area contributed by atoms with E-state index in [0.717, 1.165) is 11.0 Å². The van der Waals surface area contributed by atoms with Crippen LogP contribution in [0.3, 0.4) is 0 Å². The second-order valence-corrected chi connectivity index (χ2v) is 9.06. The number of nitrogens with zero attached hydrogens (tertiary/aromatic N) is 2. The van der Waals surface area contributed by atoms with Crippen LogP contribution in [0.25, 0.3) is 0 Å². The van der Waals surface area contributed by atoms with Gasteiger partial charge in [0.1, 0.15) is 11.6 Å². The van der Waals surface area contributed by atoms with E-state index in [1.54, 1.807) is 0 Å². The number of hydrogen-bond acceptors (Lipinski definition) is 5. The van der Waals surface area contributed by atoms with Crippen LogP contribution in [0.5, 0.6) is 0 Å². The van der Waals surface area contributed by atoms with Crippen molar-refractivity contribution in [2.75, 3.05) is 36.6 Å². The maximum Gasteiger partial charge on any atom is 0.337 e. The van der Waals surface area contributed by atoms with Gasteiger partial charge in [0, 0.05) is 18.7 Å². The number of carbonyl (C=O) groups is 2. The third-order valence-electron chi connectivity index (χ3n) is 4.79. The molecule has 1 aliphatic heterocycles. The number of carbonyl (C=O) groups excluding carboxylic acids is 2. The van der Waals surface area contributed by atoms with Gasteiger partial charge in [-0.3, -0.25) is 4.90 Å². The zero-order valence-electron chi connectivity index (χ0n) is 16.2. The van der Waals surface area contributed by atoms with Crippen molar-refractivity contribution in [2.45, 2.75) is 6.54 Å². The monoisotopic (exact) mass is 438 g/mol. The third kappa shape index (κ3) is 4.76. The van der Waals surface area contributed by atoms with Crippen molar-refractivity contribution in [3.05, 3.63) is 65.2 Å². The molecule has 3 rings (SSSR count). The number of urea groups is 1. The highest BCUT2D eigenvalue weighted by Crippen LogP contribution is 2.25. The Kier molecular flexibility index (Phi) is 6.35. The first-order valence-electron chi connectivity index (χ1n) is 9.10. The number of hydrogen-bond donors (Lipinski definition) is 0. The lowest BCUT2D eigenvalue weighted by Crippen LogP contribution is -2.50. The summed E-state index contributed by atoms with van der Waals surface area (Å²) < 4.78 is 56.9. The molecule has 0 spiro atoms. The molecule has 1 heterocycles. The molecule has 1 saturated heterocycles. The van der Waals surface area contributed by atoms with E-state index in [-0.39, 0.29) is 48.0 Å². The molecule has 30 heavy (non-hydrogen) atoms. The first-order valence-corrected chi connectivity index (χ1v) is 10.9. The lowest BCUT2D eigenvalue weighted by molar-refractivity contribution is 0.0600. The van der Waals surface area contributed by atoms with Gasteiger partial charge < -0.3 is 9.64 Å². The van der Waals surface area contributed by atoms with Crippen LogP contribution >= 0.6 is 0 Å². The molecule has 0 saturated carbocycles. The molecule has 1 fully saturated rings. The lowest BCUT2D eigenvalue weighted by Gasteiger charge is -2.33. The zero-order valence-corrected chi connectivity index (χ0v) is 17.0. The molecular formula is C20H20F2N2O5S. The van der Waals surface area contributed by atoms with Crippen molar-refractivity contribution in [3.8, 4) is 0 Å². The number of halogens is 2. The largest absolute Gasteiger partial charge is 0.465 e. The summed E-state index contributed by atoms with van der Waals surface area (Å²) in [6.07, 6.45) is 0. The predicted molar refractivity (Wildman–Crippen MR) is 106 cm³/mol. The van der Waals surface area contributed by atoms with Crippen molar-refractivity contribution >= 4 is 27.5 Å². The Hall–Kier alpha value is -3.01. The van der Waals surface area contributed by atoms with Crippen molar-refractivity contribution in [1.29, 1.82) is 0 Å². The number of benzene rings is 2. The number of anilines is 1. The molecule has 0 radical (unpaired) electrons. The predicted octanol–water partition coefficient (Wildman–Crippen LogP) is 2.61. The highest BCUT2D eigenvalue weighted by Gasteiger charge is 2.30. The van der Waals surface area contributed by atoms with Crippen LogP contribution in [-0.4, -0.2) is 57.0 Å². The van der Waals surface area contributed by atoms with E-state index >= 15 is 0 Å². The molecule has 0 atom stereocenters. The SMILES string of the molecule is COC(=O)c1ccc(CN(C(=O)N2CCS(=O)(=O)CC2)c2ccccc2F)c(F)c1. The average Bonchev–Trinajstić information content (AvgIpc) is 2.72. The first-order chi connectivity index (χ1) is 14.2. The molecule has 2 aromatic carbocycles. The Bertz CT molecular complexity index is 1060. The van der Waals surface area contributed by atoms with E-state index in [0.29, 0.717) is 0 Å². The minimum atomic E-state index is -3.22. The Morgan fingerprint density at radius 2 is 1.73 bits per heavy atom. The number of para-hydroxylation sites is 1. The Balaban J connectivity index is 1.92. The van der Waals surface area contributed by atoms with Crippen LogP contribution in [0, 0.1) is 11.6 Å². The minimum Gasteiger partial charge on any atom is -0.465 e. The normalized spacial score (nSPS) is 15.5. The average molecular weight is 438 g/mol. The fourth-order valence-corrected chi connectivity index (χ4v) is 4.29. The van der Waals surface area contributed by atoms with Crippen molar-refractivity contribution in [3.63, 3.8) is 0 Å². The summed E-state index contributed by atoms with van der Waals surface area (Å²) in [7, 11) is -2.05. The van der Waals surface area contributed by atoms with Gasteiger partial charge in [0.15, 0.2) is 9.84 Å². The van der Waals surface area contributed by atoms with Crippen LogP contribution in [0.15, 0.2) is 42.5 Å². The van der Waals surface area contributed by atoms with Gasteiger partial charge in [0.2, 0.25) is 0 Å². The highest BCUT2D eigenvalue weighted by atomic mass is 32.2. The van der Waals surface area contributed by atoms with E-state index in [1.165, 1.54) is 48.4 Å². The molecule has 0 aromatic heterocycles. The molecule has 0 bridgehead atoms. The number of sulfone groups is 1. The van der Waals surface area contributed by atoms with Crippen molar-refractivity contribution in [1.82, 2.24) is 4.90 Å². The topological polar surface area (TPSA) is 84.0 Å². The summed E-state index contributed by atoms with van der Waals surface area (Å²) >= 11 is 0. The van der Waals surface area contributed by atoms with Gasteiger partial charge in [-0.2, -0.15) is 0 Å². The number of methoxy groups -OCH3 is 1. The summed E-state index contributed by atoms with van der Waals surface area (Å²) in [6.45, 7) is -0.373. The molecule has 0 unspecified atom stereocenters. The summed E-state index contributed by atoms with van der Waals surface area (Å²) in [6, 6.07) is 8.58. The van der Waals surface area contributed by atoms with Crippen LogP contribution in [0.2, 0.25) is 0 Å². The van der Waals surface area contributed by atoms with Gasteiger partial charge in [-0.15, -0.1) is 0 Å². The van der Waals surface area contributed by atoms with E-state index < -0.39 is 33.5 Å². The second kappa shape index (κ2) is 8.78. The number of amides is 2. The van der Waals surface area contributed by atoms with Gasteiger partial charge in [-0.05, 0) is 24.3 Å². The van der Waals surface area contributed by atoms with E-state index in [2.05, 4.69) is 4.74 Å². The molecular weight excluding hydrogens is 418 g/mol. The minimum absolute atomic E-state index is 0.00348. The van der Waals surface area contributed by atoms with Gasteiger partial charge >= 0.3 is 12.0 Å². The molecule has 7 nitrogen and oxygen atoms in total. The maximum atomic E-state index is 14.6. The van der Waals surface area contributed by atoms with E-state index in [4.69, 9.17) is 0 Å². The van der Waals surface area contributed by atoms with Crippen LogP contribution in [0.1, 0.15) is 15.9 Å². The fraction of sp³-hybridized carbons (Fsp3) is 0.300. The summed E-state index contributed by atoms with van der Waals surface area (Å²) in [4.78, 5) is 27.0. The van der Waals surface area contributed by atoms with E-state index in [1.807, 2.05) is 0 Å². The second-order valence-electron chi connectivity index (χ2n) is 6.76. The fourth-order valence-electron chi connectivity index (χ4n) is 3.09. The molecule has 0 N–H and O–H groups in total. The standard InChI is InChI=1S/C20H20F2N2O5S/c1-29-19(25)14-6-7-15(17(22)12-14)13-24(18-5-3-2-4-16(18)21)20(26)23-8-10-30(27,28)11-9-23/h2-7,12H,8-11,13H2,1H3. The highest BCUT2D eigenvalue weighted by molar-refractivity contribution is 7.91. The Morgan fingerprint density at radius 3 is 2.33 bits per heavy atom. The summed E-state index contributed by atoms with van der Waals surface area (Å²) in [5.74, 6) is -2.52. The zero-order chi connectivity index (χ0) is 21.9. The lowest BCUT2D eigenvalue weighted by atomic mass is 10.1. The Morgan fingerprint density at radius 1 is 1.07 bits per heavy atom. The van der Waals surface area contributed by atoms with Crippen molar-refractivity contribution in [2.24, 2.45) is 0 Å². The number of esters is 1. The van der Waals surface area contributed by atoms with Crippen molar-refractivity contribution < 1.29 is 31.5 Å². The van der Waals surface area contributed by atoms with Gasteiger partial charge in [0.05, 0.1) is 36.4 Å². The Labute approximate surface area is 172 Å². The quantitative estimate of drug-likeness (QED) is 0.686. The van der Waals surface area contributed by atoms with Gasteiger partial charge in [0.25, 0.3) is 0 Å². The first kappa shape index (κ1) is 21.7. The summed E-state index contributed by atoms with van der Waals surface area (Å²) in [5.41, 5.74) is 0.0000162. The van der Waals surface area contributed by atoms with Crippen LogP contribution < -0.4 is 4.90 Å². The summed E-state index contributed by atoms with van der Waals surface area (Å²) in [5, 5.41) is 0. The molecule has 0 aliphatic carbocycles.